The van der Waals surface area contributed by atoms with Crippen LogP contribution in [0.25, 0.3) is 0 Å². The lowest BCUT2D eigenvalue weighted by molar-refractivity contribution is 0.415. The SMILES string of the molecule is CCCNC1CCN(c2cccc3c2CCCC3)CC1. The van der Waals surface area contributed by atoms with Gasteiger partial charge in [0.2, 0.25) is 0 Å². The maximum absolute atomic E-state index is 3.68. The number of nitrogens with one attached hydrogen (secondary N) is 1. The van der Waals surface area contributed by atoms with Crippen LogP contribution in [0.1, 0.15) is 50.2 Å². The molecule has 1 heterocycles. The molecule has 2 aliphatic rings. The maximum Gasteiger partial charge on any atom is 0.0401 e. The van der Waals surface area contributed by atoms with Crippen LogP contribution in [0.4, 0.5) is 5.69 Å². The van der Waals surface area contributed by atoms with Crippen molar-refractivity contribution in [3.8, 4) is 0 Å². The molecule has 0 spiro atoms. The second kappa shape index (κ2) is 6.62. The molecule has 1 N–H and O–H groups in total. The van der Waals surface area contributed by atoms with Crippen molar-refractivity contribution in [1.82, 2.24) is 5.32 Å². The second-order valence-electron chi connectivity index (χ2n) is 6.34. The molecule has 2 heteroatoms. The Morgan fingerprint density at radius 3 is 2.75 bits per heavy atom. The predicted octanol–water partition coefficient (Wildman–Crippen LogP) is 3.53. The van der Waals surface area contributed by atoms with Crippen LogP contribution in [0.5, 0.6) is 0 Å². The molecule has 0 aromatic heterocycles. The van der Waals surface area contributed by atoms with Crippen LogP contribution in [0.15, 0.2) is 18.2 Å². The first-order chi connectivity index (χ1) is 9.88. The summed E-state index contributed by atoms with van der Waals surface area (Å²) in [6.07, 6.45) is 9.16. The third-order valence-electron chi connectivity index (χ3n) is 4.89. The van der Waals surface area contributed by atoms with Crippen molar-refractivity contribution in [2.45, 2.75) is 57.9 Å². The van der Waals surface area contributed by atoms with Crippen LogP contribution in [0.2, 0.25) is 0 Å². The largest absolute Gasteiger partial charge is 0.371 e. The fourth-order valence-corrected chi connectivity index (χ4v) is 3.73. The topological polar surface area (TPSA) is 15.3 Å². The van der Waals surface area contributed by atoms with Gasteiger partial charge in [0.15, 0.2) is 0 Å². The first kappa shape index (κ1) is 13.9. The van der Waals surface area contributed by atoms with Crippen molar-refractivity contribution in [2.75, 3.05) is 24.5 Å². The molecular formula is C18H28N2. The first-order valence-electron chi connectivity index (χ1n) is 8.47. The molecule has 2 nitrogen and oxygen atoms in total. The summed E-state index contributed by atoms with van der Waals surface area (Å²) in [5.41, 5.74) is 4.80. The molecule has 0 radical (unpaired) electrons. The van der Waals surface area contributed by atoms with E-state index in [0.717, 1.165) is 6.04 Å². The summed E-state index contributed by atoms with van der Waals surface area (Å²) in [5.74, 6) is 0. The monoisotopic (exact) mass is 272 g/mol. The maximum atomic E-state index is 3.68. The third-order valence-corrected chi connectivity index (χ3v) is 4.89. The minimum atomic E-state index is 0.741. The molecule has 0 amide bonds. The van der Waals surface area contributed by atoms with E-state index in [0.29, 0.717) is 0 Å². The molecule has 110 valence electrons. The molecule has 3 rings (SSSR count). The molecular weight excluding hydrogens is 244 g/mol. The normalized spacial score (nSPS) is 19.9. The van der Waals surface area contributed by atoms with Crippen LogP contribution < -0.4 is 10.2 Å². The van der Waals surface area contributed by atoms with Crippen LogP contribution >= 0.6 is 0 Å². The van der Waals surface area contributed by atoms with Gasteiger partial charge in [-0.05, 0) is 68.7 Å². The van der Waals surface area contributed by atoms with E-state index in [2.05, 4.69) is 35.3 Å². The van der Waals surface area contributed by atoms with Crippen molar-refractivity contribution in [3.63, 3.8) is 0 Å². The predicted molar refractivity (Wildman–Crippen MR) is 86.6 cm³/mol. The molecule has 1 aromatic carbocycles. The van der Waals surface area contributed by atoms with Gasteiger partial charge in [0.05, 0.1) is 0 Å². The Morgan fingerprint density at radius 2 is 1.95 bits per heavy atom. The summed E-state index contributed by atoms with van der Waals surface area (Å²) in [7, 11) is 0. The molecule has 1 aliphatic carbocycles. The van der Waals surface area contributed by atoms with Crippen molar-refractivity contribution in [2.24, 2.45) is 0 Å². The van der Waals surface area contributed by atoms with Gasteiger partial charge in [0.1, 0.15) is 0 Å². The number of rotatable bonds is 4. The van der Waals surface area contributed by atoms with Gasteiger partial charge in [-0.15, -0.1) is 0 Å². The Balaban J connectivity index is 1.66. The Hall–Kier alpha value is -1.02. The molecule has 0 atom stereocenters. The highest BCUT2D eigenvalue weighted by Crippen LogP contribution is 2.31. The van der Waals surface area contributed by atoms with Gasteiger partial charge >= 0.3 is 0 Å². The van der Waals surface area contributed by atoms with E-state index in [-0.39, 0.29) is 0 Å². The van der Waals surface area contributed by atoms with E-state index in [4.69, 9.17) is 0 Å². The minimum absolute atomic E-state index is 0.741. The standard InChI is InChI=1S/C18H28N2/c1-2-12-19-16-10-13-20(14-11-16)18-9-5-7-15-6-3-4-8-17(15)18/h5,7,9,16,19H,2-4,6,8,10-14H2,1H3. The highest BCUT2D eigenvalue weighted by Gasteiger charge is 2.22. The van der Waals surface area contributed by atoms with Gasteiger partial charge in [-0.3, -0.25) is 0 Å². The van der Waals surface area contributed by atoms with Crippen LogP contribution in [-0.2, 0) is 12.8 Å². The van der Waals surface area contributed by atoms with Crippen LogP contribution in [0.3, 0.4) is 0 Å². The highest BCUT2D eigenvalue weighted by molar-refractivity contribution is 5.58. The zero-order chi connectivity index (χ0) is 13.8. The fourth-order valence-electron chi connectivity index (χ4n) is 3.73. The van der Waals surface area contributed by atoms with E-state index in [1.165, 1.54) is 70.3 Å². The zero-order valence-corrected chi connectivity index (χ0v) is 12.8. The summed E-state index contributed by atoms with van der Waals surface area (Å²) in [4.78, 5) is 2.63. The summed E-state index contributed by atoms with van der Waals surface area (Å²) >= 11 is 0. The average molecular weight is 272 g/mol. The van der Waals surface area contributed by atoms with Crippen LogP contribution in [-0.4, -0.2) is 25.7 Å². The molecule has 0 saturated carbocycles. The summed E-state index contributed by atoms with van der Waals surface area (Å²) in [5, 5.41) is 3.68. The van der Waals surface area contributed by atoms with Gasteiger partial charge in [-0.25, -0.2) is 0 Å². The highest BCUT2D eigenvalue weighted by atomic mass is 15.1. The van der Waals surface area contributed by atoms with Gasteiger partial charge in [-0.1, -0.05) is 19.1 Å². The molecule has 0 unspecified atom stereocenters. The molecule has 20 heavy (non-hydrogen) atoms. The Morgan fingerprint density at radius 1 is 1.15 bits per heavy atom. The lowest BCUT2D eigenvalue weighted by atomic mass is 9.89. The number of fused-ring (bicyclic) bond motifs is 1. The molecule has 1 fully saturated rings. The number of hydrogen-bond donors (Lipinski definition) is 1. The summed E-state index contributed by atoms with van der Waals surface area (Å²) in [6, 6.07) is 7.70. The van der Waals surface area contributed by atoms with E-state index in [1.54, 1.807) is 11.1 Å². The van der Waals surface area contributed by atoms with Gasteiger partial charge in [-0.2, -0.15) is 0 Å². The molecule has 1 saturated heterocycles. The second-order valence-corrected chi connectivity index (χ2v) is 6.34. The Bertz CT molecular complexity index is 433. The number of hydrogen-bond acceptors (Lipinski definition) is 2. The quantitative estimate of drug-likeness (QED) is 0.902. The van der Waals surface area contributed by atoms with E-state index in [1.807, 2.05) is 0 Å². The number of anilines is 1. The summed E-state index contributed by atoms with van der Waals surface area (Å²) in [6.45, 7) is 5.86. The average Bonchev–Trinajstić information content (AvgIpc) is 2.53. The van der Waals surface area contributed by atoms with E-state index >= 15 is 0 Å². The number of benzene rings is 1. The third kappa shape index (κ3) is 3.01. The van der Waals surface area contributed by atoms with Crippen molar-refractivity contribution in [1.29, 1.82) is 0 Å². The van der Waals surface area contributed by atoms with Crippen molar-refractivity contribution >= 4 is 5.69 Å². The van der Waals surface area contributed by atoms with Crippen molar-refractivity contribution in [3.05, 3.63) is 29.3 Å². The van der Waals surface area contributed by atoms with E-state index in [9.17, 15) is 0 Å². The molecule has 1 aromatic rings. The lowest BCUT2D eigenvalue weighted by Gasteiger charge is -2.36. The minimum Gasteiger partial charge on any atom is -0.371 e. The molecule has 1 aliphatic heterocycles. The molecule has 0 bridgehead atoms. The smallest absolute Gasteiger partial charge is 0.0401 e. The number of aryl methyl sites for hydroxylation is 1. The first-order valence-corrected chi connectivity index (χ1v) is 8.47. The number of piperidine rings is 1. The Labute approximate surface area is 123 Å². The van der Waals surface area contributed by atoms with Crippen molar-refractivity contribution < 1.29 is 0 Å². The fraction of sp³-hybridized carbons (Fsp3) is 0.667. The number of nitrogens with zero attached hydrogens (tertiary/aromatic N) is 1. The zero-order valence-electron chi connectivity index (χ0n) is 12.8. The van der Waals surface area contributed by atoms with Gasteiger partial charge < -0.3 is 10.2 Å². The lowest BCUT2D eigenvalue weighted by Crippen LogP contribution is -2.43. The van der Waals surface area contributed by atoms with E-state index < -0.39 is 0 Å². The van der Waals surface area contributed by atoms with Crippen LogP contribution in [0, 0.1) is 0 Å². The Kier molecular flexibility index (Phi) is 4.62. The van der Waals surface area contributed by atoms with Gasteiger partial charge in [0.25, 0.3) is 0 Å². The van der Waals surface area contributed by atoms with Gasteiger partial charge in [0, 0.05) is 24.8 Å². The summed E-state index contributed by atoms with van der Waals surface area (Å²) < 4.78 is 0.